The number of hydrogen-bond acceptors (Lipinski definition) is 3. The summed E-state index contributed by atoms with van der Waals surface area (Å²) in [6.45, 7) is 3.68. The quantitative estimate of drug-likeness (QED) is 0.750. The molecule has 0 aromatic heterocycles. The van der Waals surface area contributed by atoms with E-state index in [1.165, 1.54) is 0 Å². The summed E-state index contributed by atoms with van der Waals surface area (Å²) in [5.41, 5.74) is 7.02. The van der Waals surface area contributed by atoms with Crippen LogP contribution in [0.3, 0.4) is 0 Å². The van der Waals surface area contributed by atoms with E-state index in [1.54, 1.807) is 20.3 Å². The molecule has 0 heterocycles. The second-order valence-electron chi connectivity index (χ2n) is 3.23. The Morgan fingerprint density at radius 1 is 1.27 bits per heavy atom. The van der Waals surface area contributed by atoms with Gasteiger partial charge in [0.15, 0.2) is 0 Å². The molecule has 3 heteroatoms. The highest BCUT2D eigenvalue weighted by Crippen LogP contribution is 2.20. The lowest BCUT2D eigenvalue weighted by Crippen LogP contribution is -2.25. The van der Waals surface area contributed by atoms with Crippen LogP contribution in [0.5, 0.6) is 5.75 Å². The van der Waals surface area contributed by atoms with E-state index < -0.39 is 0 Å². The van der Waals surface area contributed by atoms with Gasteiger partial charge in [-0.15, -0.1) is 6.58 Å². The van der Waals surface area contributed by atoms with Crippen molar-refractivity contribution in [2.75, 3.05) is 14.2 Å². The first-order valence-electron chi connectivity index (χ1n) is 4.77. The highest BCUT2D eigenvalue weighted by Gasteiger charge is 2.15. The first-order valence-corrected chi connectivity index (χ1v) is 4.77. The molecule has 0 aliphatic heterocycles. The third-order valence-corrected chi connectivity index (χ3v) is 2.36. The highest BCUT2D eigenvalue weighted by atomic mass is 16.5. The fraction of sp³-hybridized carbons (Fsp3) is 0.333. The van der Waals surface area contributed by atoms with E-state index in [9.17, 15) is 0 Å². The minimum absolute atomic E-state index is 0.168. The smallest absolute Gasteiger partial charge is 0.118 e. The molecule has 0 bridgehead atoms. The summed E-state index contributed by atoms with van der Waals surface area (Å²) in [6, 6.07) is 7.42. The van der Waals surface area contributed by atoms with E-state index in [0.29, 0.717) is 0 Å². The second kappa shape index (κ2) is 5.53. The third kappa shape index (κ3) is 2.81. The molecular weight excluding hydrogens is 190 g/mol. The van der Waals surface area contributed by atoms with Crippen LogP contribution in [0.2, 0.25) is 0 Å². The number of methoxy groups -OCH3 is 2. The zero-order valence-electron chi connectivity index (χ0n) is 9.14. The van der Waals surface area contributed by atoms with Gasteiger partial charge in [0.2, 0.25) is 0 Å². The molecule has 82 valence electrons. The molecule has 0 fully saturated rings. The van der Waals surface area contributed by atoms with Crippen LogP contribution in [0, 0.1) is 0 Å². The van der Waals surface area contributed by atoms with Crippen LogP contribution >= 0.6 is 0 Å². The average molecular weight is 207 g/mol. The Bertz CT molecular complexity index is 308. The first kappa shape index (κ1) is 11.8. The van der Waals surface area contributed by atoms with Gasteiger partial charge < -0.3 is 15.2 Å². The second-order valence-corrected chi connectivity index (χ2v) is 3.23. The van der Waals surface area contributed by atoms with Crippen LogP contribution in [-0.4, -0.2) is 20.3 Å². The van der Waals surface area contributed by atoms with Crippen molar-refractivity contribution in [2.45, 2.75) is 12.1 Å². The molecule has 0 spiro atoms. The SMILES string of the molecule is C=C[C@@H](OC)[C@H](N)c1ccc(OC)cc1. The number of nitrogens with two attached hydrogens (primary N) is 1. The molecule has 0 saturated carbocycles. The third-order valence-electron chi connectivity index (χ3n) is 2.36. The van der Waals surface area contributed by atoms with Gasteiger partial charge in [0.25, 0.3) is 0 Å². The zero-order chi connectivity index (χ0) is 11.3. The lowest BCUT2D eigenvalue weighted by molar-refractivity contribution is 0.119. The van der Waals surface area contributed by atoms with Crippen molar-refractivity contribution in [1.29, 1.82) is 0 Å². The highest BCUT2D eigenvalue weighted by molar-refractivity contribution is 5.30. The van der Waals surface area contributed by atoms with Crippen LogP contribution in [0.15, 0.2) is 36.9 Å². The lowest BCUT2D eigenvalue weighted by atomic mass is 10.0. The lowest BCUT2D eigenvalue weighted by Gasteiger charge is -2.19. The van der Waals surface area contributed by atoms with E-state index in [0.717, 1.165) is 11.3 Å². The molecule has 0 aliphatic carbocycles. The van der Waals surface area contributed by atoms with Crippen molar-refractivity contribution in [3.8, 4) is 5.75 Å². The molecule has 3 nitrogen and oxygen atoms in total. The van der Waals surface area contributed by atoms with Gasteiger partial charge in [-0.2, -0.15) is 0 Å². The summed E-state index contributed by atoms with van der Waals surface area (Å²) in [6.07, 6.45) is 1.54. The zero-order valence-corrected chi connectivity index (χ0v) is 9.14. The summed E-state index contributed by atoms with van der Waals surface area (Å²) < 4.78 is 10.3. The number of rotatable bonds is 5. The first-order chi connectivity index (χ1) is 7.22. The Balaban J connectivity index is 2.81. The van der Waals surface area contributed by atoms with E-state index in [1.807, 2.05) is 24.3 Å². The number of ether oxygens (including phenoxy) is 2. The summed E-state index contributed by atoms with van der Waals surface area (Å²) in [7, 11) is 3.26. The van der Waals surface area contributed by atoms with Gasteiger partial charge in [-0.25, -0.2) is 0 Å². The van der Waals surface area contributed by atoms with Crippen LogP contribution in [0.25, 0.3) is 0 Å². The molecule has 0 amide bonds. The van der Waals surface area contributed by atoms with Crippen LogP contribution < -0.4 is 10.5 Å². The van der Waals surface area contributed by atoms with Crippen molar-refractivity contribution >= 4 is 0 Å². The van der Waals surface area contributed by atoms with Gasteiger partial charge >= 0.3 is 0 Å². The maximum absolute atomic E-state index is 6.01. The predicted molar refractivity (Wildman–Crippen MR) is 60.9 cm³/mol. The number of benzene rings is 1. The Labute approximate surface area is 90.5 Å². The summed E-state index contributed by atoms with van der Waals surface area (Å²) in [5.74, 6) is 0.818. The standard InChI is InChI=1S/C12H17NO2/c1-4-11(15-3)12(13)9-5-7-10(14-2)8-6-9/h4-8,11-12H,1,13H2,2-3H3/t11-,12-/m1/s1. The van der Waals surface area contributed by atoms with Crippen LogP contribution in [-0.2, 0) is 4.74 Å². The van der Waals surface area contributed by atoms with Gasteiger partial charge in [0.1, 0.15) is 5.75 Å². The largest absolute Gasteiger partial charge is 0.497 e. The maximum atomic E-state index is 6.01. The summed E-state index contributed by atoms with van der Waals surface area (Å²) >= 11 is 0. The minimum atomic E-state index is -0.196. The Morgan fingerprint density at radius 3 is 2.27 bits per heavy atom. The minimum Gasteiger partial charge on any atom is -0.497 e. The van der Waals surface area contributed by atoms with Gasteiger partial charge in [-0.1, -0.05) is 18.2 Å². The van der Waals surface area contributed by atoms with E-state index in [-0.39, 0.29) is 12.1 Å². The van der Waals surface area contributed by atoms with Crippen LogP contribution in [0.1, 0.15) is 11.6 Å². The molecule has 2 atom stereocenters. The molecule has 0 radical (unpaired) electrons. The molecule has 0 aliphatic rings. The van der Waals surface area contributed by atoms with Gasteiger partial charge in [-0.05, 0) is 17.7 Å². The van der Waals surface area contributed by atoms with Crippen molar-refractivity contribution in [1.82, 2.24) is 0 Å². The molecule has 1 rings (SSSR count). The average Bonchev–Trinajstić information content (AvgIpc) is 2.30. The molecule has 0 saturated heterocycles. The van der Waals surface area contributed by atoms with Gasteiger partial charge in [0, 0.05) is 7.11 Å². The number of hydrogen-bond donors (Lipinski definition) is 1. The van der Waals surface area contributed by atoms with Gasteiger partial charge in [-0.3, -0.25) is 0 Å². The van der Waals surface area contributed by atoms with Crippen molar-refractivity contribution in [3.05, 3.63) is 42.5 Å². The van der Waals surface area contributed by atoms with Crippen LogP contribution in [0.4, 0.5) is 0 Å². The molecule has 2 N–H and O–H groups in total. The predicted octanol–water partition coefficient (Wildman–Crippen LogP) is 1.90. The van der Waals surface area contributed by atoms with E-state index >= 15 is 0 Å². The molecular formula is C12H17NO2. The molecule has 1 aromatic rings. The van der Waals surface area contributed by atoms with E-state index in [4.69, 9.17) is 15.2 Å². The molecule has 0 unspecified atom stereocenters. The van der Waals surface area contributed by atoms with Crippen molar-refractivity contribution in [3.63, 3.8) is 0 Å². The maximum Gasteiger partial charge on any atom is 0.118 e. The fourth-order valence-electron chi connectivity index (χ4n) is 1.41. The molecule has 1 aromatic carbocycles. The summed E-state index contributed by atoms with van der Waals surface area (Å²) in [5, 5.41) is 0. The van der Waals surface area contributed by atoms with Gasteiger partial charge in [0.05, 0.1) is 19.3 Å². The Morgan fingerprint density at radius 2 is 1.87 bits per heavy atom. The monoisotopic (exact) mass is 207 g/mol. The fourth-order valence-corrected chi connectivity index (χ4v) is 1.41. The van der Waals surface area contributed by atoms with Crippen molar-refractivity contribution < 1.29 is 9.47 Å². The van der Waals surface area contributed by atoms with Crippen molar-refractivity contribution in [2.24, 2.45) is 5.73 Å². The topological polar surface area (TPSA) is 44.5 Å². The van der Waals surface area contributed by atoms with E-state index in [2.05, 4.69) is 6.58 Å². The normalized spacial score (nSPS) is 14.3. The Kier molecular flexibility index (Phi) is 4.34. The Hall–Kier alpha value is -1.32. The molecule has 15 heavy (non-hydrogen) atoms. The summed E-state index contributed by atoms with van der Waals surface area (Å²) in [4.78, 5) is 0.